The molecule has 0 saturated carbocycles. The van der Waals surface area contributed by atoms with Crippen molar-refractivity contribution < 1.29 is 9.53 Å². The van der Waals surface area contributed by atoms with Crippen LogP contribution in [0.5, 0.6) is 11.6 Å². The number of primary amides is 1. The normalized spacial score (nSPS) is 10.3. The number of nitrogens with two attached hydrogens (primary N) is 2. The van der Waals surface area contributed by atoms with Crippen molar-refractivity contribution in [2.75, 3.05) is 6.54 Å². The van der Waals surface area contributed by atoms with Crippen LogP contribution in [0.15, 0.2) is 36.5 Å². The van der Waals surface area contributed by atoms with Gasteiger partial charge in [-0.05, 0) is 49.2 Å². The average Bonchev–Trinajstić information content (AvgIpc) is 2.41. The second-order valence-corrected chi connectivity index (χ2v) is 4.46. The third-order valence-electron chi connectivity index (χ3n) is 2.94. The van der Waals surface area contributed by atoms with Gasteiger partial charge in [-0.15, -0.1) is 0 Å². The van der Waals surface area contributed by atoms with E-state index in [0.29, 0.717) is 17.9 Å². The molecule has 0 aliphatic heterocycles. The quantitative estimate of drug-likeness (QED) is 0.867. The predicted molar refractivity (Wildman–Crippen MR) is 76.8 cm³/mol. The van der Waals surface area contributed by atoms with Crippen LogP contribution >= 0.6 is 0 Å². The maximum absolute atomic E-state index is 11.5. The molecule has 0 radical (unpaired) electrons. The Balaban J connectivity index is 2.26. The van der Waals surface area contributed by atoms with Crippen LogP contribution in [-0.4, -0.2) is 17.4 Å². The summed E-state index contributed by atoms with van der Waals surface area (Å²) >= 11 is 0. The molecule has 5 heteroatoms. The van der Waals surface area contributed by atoms with E-state index in [-0.39, 0.29) is 5.88 Å². The van der Waals surface area contributed by atoms with Gasteiger partial charge in [-0.1, -0.05) is 12.1 Å². The monoisotopic (exact) mass is 271 g/mol. The van der Waals surface area contributed by atoms with Crippen molar-refractivity contribution >= 4 is 5.91 Å². The minimum absolute atomic E-state index is 0.226. The maximum Gasteiger partial charge on any atom is 0.254 e. The number of amides is 1. The number of carbonyl (C=O) groups is 1. The number of ether oxygens (including phenoxy) is 1. The van der Waals surface area contributed by atoms with Gasteiger partial charge in [0.15, 0.2) is 0 Å². The number of aryl methyl sites for hydroxylation is 1. The third kappa shape index (κ3) is 3.13. The Labute approximate surface area is 117 Å². The lowest BCUT2D eigenvalue weighted by molar-refractivity contribution is 0.0997. The molecule has 0 fully saturated rings. The van der Waals surface area contributed by atoms with E-state index in [0.717, 1.165) is 17.5 Å². The number of hydrogen-bond donors (Lipinski definition) is 2. The summed E-state index contributed by atoms with van der Waals surface area (Å²) in [7, 11) is 0. The molecule has 1 amide bonds. The van der Waals surface area contributed by atoms with Gasteiger partial charge in [0.1, 0.15) is 11.3 Å². The van der Waals surface area contributed by atoms with Crippen LogP contribution in [0.2, 0.25) is 0 Å². The summed E-state index contributed by atoms with van der Waals surface area (Å²) < 4.78 is 5.64. The lowest BCUT2D eigenvalue weighted by atomic mass is 10.1. The van der Waals surface area contributed by atoms with E-state index in [2.05, 4.69) is 4.98 Å². The smallest absolute Gasteiger partial charge is 0.254 e. The van der Waals surface area contributed by atoms with E-state index in [1.54, 1.807) is 19.2 Å². The molecule has 4 N–H and O–H groups in total. The van der Waals surface area contributed by atoms with Crippen molar-refractivity contribution in [3.8, 4) is 11.6 Å². The summed E-state index contributed by atoms with van der Waals surface area (Å²) in [6.45, 7) is 2.39. The van der Waals surface area contributed by atoms with Crippen LogP contribution in [0.25, 0.3) is 0 Å². The van der Waals surface area contributed by atoms with Gasteiger partial charge in [-0.3, -0.25) is 4.79 Å². The number of aromatic nitrogens is 1. The molecule has 0 spiro atoms. The minimum Gasteiger partial charge on any atom is -0.438 e. The zero-order valence-corrected chi connectivity index (χ0v) is 11.3. The van der Waals surface area contributed by atoms with Crippen LogP contribution in [-0.2, 0) is 6.42 Å². The SMILES string of the molecule is Cc1ccnc(Oc2ccc(CCN)cc2)c1C(N)=O. The highest BCUT2D eigenvalue weighted by Gasteiger charge is 2.14. The molecule has 0 atom stereocenters. The third-order valence-corrected chi connectivity index (χ3v) is 2.94. The molecule has 2 aromatic rings. The summed E-state index contributed by atoms with van der Waals surface area (Å²) in [6, 6.07) is 9.22. The van der Waals surface area contributed by atoms with E-state index in [9.17, 15) is 4.79 Å². The van der Waals surface area contributed by atoms with Gasteiger partial charge in [0.25, 0.3) is 5.91 Å². The zero-order chi connectivity index (χ0) is 14.5. The zero-order valence-electron chi connectivity index (χ0n) is 11.3. The van der Waals surface area contributed by atoms with Crippen LogP contribution < -0.4 is 16.2 Å². The standard InChI is InChI=1S/C15H17N3O2/c1-10-7-9-18-15(13(10)14(17)19)20-12-4-2-11(3-5-12)6-8-16/h2-5,7,9H,6,8,16H2,1H3,(H2,17,19). The predicted octanol–water partition coefficient (Wildman–Crippen LogP) is 1.78. The lowest BCUT2D eigenvalue weighted by Crippen LogP contribution is -2.14. The number of carbonyl (C=O) groups excluding carboxylic acids is 1. The van der Waals surface area contributed by atoms with Gasteiger partial charge in [0.05, 0.1) is 0 Å². The van der Waals surface area contributed by atoms with E-state index >= 15 is 0 Å². The summed E-state index contributed by atoms with van der Waals surface area (Å²) in [5.74, 6) is 0.279. The molecule has 2 rings (SSSR count). The highest BCUT2D eigenvalue weighted by atomic mass is 16.5. The summed E-state index contributed by atoms with van der Waals surface area (Å²) in [6.07, 6.45) is 2.40. The van der Waals surface area contributed by atoms with Crippen LogP contribution in [0.1, 0.15) is 21.5 Å². The van der Waals surface area contributed by atoms with Gasteiger partial charge in [-0.2, -0.15) is 0 Å². The second-order valence-electron chi connectivity index (χ2n) is 4.46. The Hall–Kier alpha value is -2.40. The van der Waals surface area contributed by atoms with Crippen molar-refractivity contribution in [3.05, 3.63) is 53.2 Å². The van der Waals surface area contributed by atoms with Gasteiger partial charge in [0, 0.05) is 6.20 Å². The molecule has 1 aromatic carbocycles. The molecule has 0 unspecified atom stereocenters. The Bertz CT molecular complexity index is 609. The molecule has 0 saturated heterocycles. The molecule has 0 aliphatic rings. The first-order valence-corrected chi connectivity index (χ1v) is 6.34. The number of nitrogens with zero attached hydrogens (tertiary/aromatic N) is 1. The molecule has 0 bridgehead atoms. The van der Waals surface area contributed by atoms with Crippen LogP contribution in [0.4, 0.5) is 0 Å². The first-order valence-electron chi connectivity index (χ1n) is 6.34. The molecule has 20 heavy (non-hydrogen) atoms. The van der Waals surface area contributed by atoms with Gasteiger partial charge in [-0.25, -0.2) is 4.98 Å². The van der Waals surface area contributed by atoms with E-state index in [1.807, 2.05) is 24.3 Å². The van der Waals surface area contributed by atoms with Crippen LogP contribution in [0, 0.1) is 6.92 Å². The second kappa shape index (κ2) is 6.16. The van der Waals surface area contributed by atoms with Crippen molar-refractivity contribution in [2.24, 2.45) is 11.5 Å². The fraction of sp³-hybridized carbons (Fsp3) is 0.200. The van der Waals surface area contributed by atoms with Gasteiger partial charge >= 0.3 is 0 Å². The largest absolute Gasteiger partial charge is 0.438 e. The first kappa shape index (κ1) is 14.0. The van der Waals surface area contributed by atoms with E-state index in [4.69, 9.17) is 16.2 Å². The van der Waals surface area contributed by atoms with E-state index < -0.39 is 5.91 Å². The van der Waals surface area contributed by atoms with Gasteiger partial charge < -0.3 is 16.2 Å². The minimum atomic E-state index is -0.551. The first-order chi connectivity index (χ1) is 9.61. The summed E-state index contributed by atoms with van der Waals surface area (Å²) in [4.78, 5) is 15.5. The average molecular weight is 271 g/mol. The highest BCUT2D eigenvalue weighted by molar-refractivity contribution is 5.96. The molecular weight excluding hydrogens is 254 g/mol. The topological polar surface area (TPSA) is 91.2 Å². The summed E-state index contributed by atoms with van der Waals surface area (Å²) in [5, 5.41) is 0. The molecule has 1 aromatic heterocycles. The van der Waals surface area contributed by atoms with E-state index in [1.165, 1.54) is 0 Å². The lowest BCUT2D eigenvalue weighted by Gasteiger charge is -2.10. The fourth-order valence-electron chi connectivity index (χ4n) is 1.91. The van der Waals surface area contributed by atoms with Crippen molar-refractivity contribution in [1.82, 2.24) is 4.98 Å². The highest BCUT2D eigenvalue weighted by Crippen LogP contribution is 2.25. The fourth-order valence-corrected chi connectivity index (χ4v) is 1.91. The molecule has 1 heterocycles. The number of hydrogen-bond acceptors (Lipinski definition) is 4. The molecular formula is C15H17N3O2. The Morgan fingerprint density at radius 1 is 1.25 bits per heavy atom. The Morgan fingerprint density at radius 3 is 2.55 bits per heavy atom. The van der Waals surface area contributed by atoms with Crippen molar-refractivity contribution in [1.29, 1.82) is 0 Å². The Morgan fingerprint density at radius 2 is 1.95 bits per heavy atom. The Kier molecular flexibility index (Phi) is 4.32. The molecule has 5 nitrogen and oxygen atoms in total. The number of benzene rings is 1. The van der Waals surface area contributed by atoms with Crippen LogP contribution in [0.3, 0.4) is 0 Å². The van der Waals surface area contributed by atoms with Crippen molar-refractivity contribution in [3.63, 3.8) is 0 Å². The van der Waals surface area contributed by atoms with Crippen molar-refractivity contribution in [2.45, 2.75) is 13.3 Å². The maximum atomic E-state index is 11.5. The number of rotatable bonds is 5. The molecule has 0 aliphatic carbocycles. The summed E-state index contributed by atoms with van der Waals surface area (Å²) in [5.41, 5.74) is 13.0. The van der Waals surface area contributed by atoms with Gasteiger partial charge in [0.2, 0.25) is 5.88 Å². The number of pyridine rings is 1. The molecule has 104 valence electrons.